The minimum atomic E-state index is -1.34. The second-order valence-corrected chi connectivity index (χ2v) is 7.63. The average Bonchev–Trinajstić information content (AvgIpc) is 3.00. The molecule has 0 saturated carbocycles. The molecule has 2 aliphatic heterocycles. The van der Waals surface area contributed by atoms with Gasteiger partial charge in [0.15, 0.2) is 0 Å². The molecule has 7 heteroatoms. The minimum Gasteiger partial charge on any atom is -0.322 e. The lowest BCUT2D eigenvalue weighted by Gasteiger charge is -2.47. The van der Waals surface area contributed by atoms with Gasteiger partial charge in [0.1, 0.15) is 0 Å². The fourth-order valence-electron chi connectivity index (χ4n) is 3.69. The number of nitrogens with zero attached hydrogens (tertiary/aromatic N) is 2. The Hall–Kier alpha value is -2.42. The number of nitrogens with one attached hydrogen (secondary N) is 1. The SMILES string of the molecule is CN1C(=O)c2ccccc2N2C(=O)CC[C@]12C(=O)Nc1ccc(I)cc1. The molecule has 4 rings (SSSR count). The van der Waals surface area contributed by atoms with Crippen molar-refractivity contribution >= 4 is 51.7 Å². The van der Waals surface area contributed by atoms with Crippen LogP contribution in [0.4, 0.5) is 11.4 Å². The van der Waals surface area contributed by atoms with E-state index < -0.39 is 5.66 Å². The Labute approximate surface area is 164 Å². The van der Waals surface area contributed by atoms with E-state index in [9.17, 15) is 14.4 Å². The number of hydrogen-bond donors (Lipinski definition) is 1. The summed E-state index contributed by atoms with van der Waals surface area (Å²) in [5.74, 6) is -0.797. The average molecular weight is 461 g/mol. The number of carbonyl (C=O) groups excluding carboxylic acids is 3. The van der Waals surface area contributed by atoms with E-state index in [1.54, 1.807) is 43.4 Å². The molecule has 0 bridgehead atoms. The number of amides is 3. The number of benzene rings is 2. The van der Waals surface area contributed by atoms with Crippen molar-refractivity contribution < 1.29 is 14.4 Å². The van der Waals surface area contributed by atoms with Crippen LogP contribution in [-0.4, -0.2) is 35.3 Å². The molecule has 0 aromatic heterocycles. The van der Waals surface area contributed by atoms with Crippen LogP contribution < -0.4 is 10.2 Å². The summed E-state index contributed by atoms with van der Waals surface area (Å²) >= 11 is 2.19. The first kappa shape index (κ1) is 17.0. The first-order valence-electron chi connectivity index (χ1n) is 8.22. The smallest absolute Gasteiger partial charge is 0.271 e. The molecule has 2 aromatic carbocycles. The van der Waals surface area contributed by atoms with Gasteiger partial charge >= 0.3 is 0 Å². The quantitative estimate of drug-likeness (QED) is 0.700. The van der Waals surface area contributed by atoms with E-state index in [-0.39, 0.29) is 30.6 Å². The monoisotopic (exact) mass is 461 g/mol. The topological polar surface area (TPSA) is 69.7 Å². The highest BCUT2D eigenvalue weighted by molar-refractivity contribution is 14.1. The van der Waals surface area contributed by atoms with Crippen molar-refractivity contribution in [1.29, 1.82) is 0 Å². The summed E-state index contributed by atoms with van der Waals surface area (Å²) in [5, 5.41) is 2.87. The Bertz CT molecular complexity index is 928. The number of fused-ring (bicyclic) bond motifs is 3. The Morgan fingerprint density at radius 2 is 1.81 bits per heavy atom. The van der Waals surface area contributed by atoms with E-state index in [1.165, 1.54) is 9.80 Å². The lowest BCUT2D eigenvalue weighted by atomic mass is 9.96. The molecular weight excluding hydrogens is 445 g/mol. The Balaban J connectivity index is 1.80. The van der Waals surface area contributed by atoms with Crippen LogP contribution in [0.3, 0.4) is 0 Å². The molecule has 1 atom stereocenters. The molecule has 2 aliphatic rings. The third-order valence-corrected chi connectivity index (χ3v) is 5.73. The van der Waals surface area contributed by atoms with Crippen LogP contribution >= 0.6 is 22.6 Å². The number of hydrogen-bond acceptors (Lipinski definition) is 3. The first-order chi connectivity index (χ1) is 12.4. The van der Waals surface area contributed by atoms with Crippen LogP contribution in [0.25, 0.3) is 0 Å². The van der Waals surface area contributed by atoms with Crippen molar-refractivity contribution in [3.8, 4) is 0 Å². The van der Waals surface area contributed by atoms with Gasteiger partial charge in [0, 0.05) is 29.1 Å². The molecule has 6 nitrogen and oxygen atoms in total. The van der Waals surface area contributed by atoms with Crippen molar-refractivity contribution in [3.63, 3.8) is 0 Å². The Morgan fingerprint density at radius 1 is 1.12 bits per heavy atom. The van der Waals surface area contributed by atoms with Gasteiger partial charge in [0.25, 0.3) is 11.8 Å². The summed E-state index contributed by atoms with van der Waals surface area (Å²) in [7, 11) is 1.58. The number of anilines is 2. The van der Waals surface area contributed by atoms with Gasteiger partial charge in [-0.25, -0.2) is 0 Å². The van der Waals surface area contributed by atoms with Crippen LogP contribution in [-0.2, 0) is 9.59 Å². The molecule has 1 fully saturated rings. The van der Waals surface area contributed by atoms with Crippen molar-refractivity contribution in [2.24, 2.45) is 0 Å². The van der Waals surface area contributed by atoms with E-state index >= 15 is 0 Å². The van der Waals surface area contributed by atoms with Crippen molar-refractivity contribution in [2.45, 2.75) is 18.5 Å². The van der Waals surface area contributed by atoms with E-state index in [0.29, 0.717) is 16.9 Å². The molecule has 0 aliphatic carbocycles. The van der Waals surface area contributed by atoms with Gasteiger partial charge < -0.3 is 10.2 Å². The number of para-hydroxylation sites is 1. The molecule has 0 spiro atoms. The zero-order valence-electron chi connectivity index (χ0n) is 14.0. The molecule has 3 amide bonds. The summed E-state index contributed by atoms with van der Waals surface area (Å²) in [4.78, 5) is 41.7. The highest BCUT2D eigenvalue weighted by Gasteiger charge is 2.59. The number of carbonyl (C=O) groups is 3. The van der Waals surface area contributed by atoms with Crippen LogP contribution in [0.5, 0.6) is 0 Å². The van der Waals surface area contributed by atoms with Crippen LogP contribution in [0, 0.1) is 3.57 Å². The molecule has 26 heavy (non-hydrogen) atoms. The van der Waals surface area contributed by atoms with Gasteiger partial charge in [-0.2, -0.15) is 0 Å². The summed E-state index contributed by atoms with van der Waals surface area (Å²) < 4.78 is 1.05. The first-order valence-corrected chi connectivity index (χ1v) is 9.30. The lowest BCUT2D eigenvalue weighted by Crippen LogP contribution is -2.68. The normalized spacial score (nSPS) is 21.5. The standard InChI is InChI=1S/C19H16IN3O3/c1-22-17(25)14-4-2-3-5-15(14)23-16(24)10-11-19(22,23)18(26)21-13-8-6-12(20)7-9-13/h2-9H,10-11H2,1H3,(H,21,26)/t19-/m0/s1. The zero-order chi connectivity index (χ0) is 18.5. The van der Waals surface area contributed by atoms with Crippen molar-refractivity contribution in [3.05, 3.63) is 57.7 Å². The lowest BCUT2D eigenvalue weighted by molar-refractivity contribution is -0.128. The second kappa shape index (κ2) is 6.08. The molecule has 1 N–H and O–H groups in total. The van der Waals surface area contributed by atoms with E-state index in [2.05, 4.69) is 27.9 Å². The zero-order valence-corrected chi connectivity index (χ0v) is 16.2. The Kier molecular flexibility index (Phi) is 3.98. The molecule has 2 heterocycles. The van der Waals surface area contributed by atoms with Gasteiger partial charge in [0.2, 0.25) is 11.6 Å². The maximum atomic E-state index is 13.3. The van der Waals surface area contributed by atoms with Crippen LogP contribution in [0.1, 0.15) is 23.2 Å². The second-order valence-electron chi connectivity index (χ2n) is 6.39. The molecular formula is C19H16IN3O3. The molecule has 0 unspecified atom stereocenters. The summed E-state index contributed by atoms with van der Waals surface area (Å²) in [6, 6.07) is 14.3. The molecule has 2 aromatic rings. The fraction of sp³-hybridized carbons (Fsp3) is 0.211. The summed E-state index contributed by atoms with van der Waals surface area (Å²) in [6.45, 7) is 0. The van der Waals surface area contributed by atoms with Crippen LogP contribution in [0.15, 0.2) is 48.5 Å². The van der Waals surface area contributed by atoms with E-state index in [1.807, 2.05) is 12.1 Å². The highest BCUT2D eigenvalue weighted by Crippen LogP contribution is 2.44. The van der Waals surface area contributed by atoms with Crippen molar-refractivity contribution in [2.75, 3.05) is 17.3 Å². The van der Waals surface area contributed by atoms with Gasteiger partial charge in [-0.1, -0.05) is 12.1 Å². The van der Waals surface area contributed by atoms with Gasteiger partial charge in [0.05, 0.1) is 11.3 Å². The number of rotatable bonds is 2. The van der Waals surface area contributed by atoms with Gasteiger partial charge in [-0.15, -0.1) is 0 Å². The predicted molar refractivity (Wildman–Crippen MR) is 106 cm³/mol. The van der Waals surface area contributed by atoms with E-state index in [0.717, 1.165) is 3.57 Å². The highest BCUT2D eigenvalue weighted by atomic mass is 127. The Morgan fingerprint density at radius 3 is 2.54 bits per heavy atom. The number of halogens is 1. The summed E-state index contributed by atoms with van der Waals surface area (Å²) in [5.41, 5.74) is 0.216. The maximum Gasteiger partial charge on any atom is 0.271 e. The van der Waals surface area contributed by atoms with E-state index in [4.69, 9.17) is 0 Å². The minimum absolute atomic E-state index is 0.158. The third-order valence-electron chi connectivity index (χ3n) is 5.01. The van der Waals surface area contributed by atoms with Gasteiger partial charge in [-0.05, 0) is 59.0 Å². The van der Waals surface area contributed by atoms with Crippen molar-refractivity contribution in [1.82, 2.24) is 4.90 Å². The molecule has 132 valence electrons. The molecule has 0 radical (unpaired) electrons. The third kappa shape index (κ3) is 2.33. The largest absolute Gasteiger partial charge is 0.322 e. The molecule has 1 saturated heterocycles. The number of likely N-dealkylation sites (N-methyl/N-ethyl adjacent to an activating group) is 1. The van der Waals surface area contributed by atoms with Crippen LogP contribution in [0.2, 0.25) is 0 Å². The van der Waals surface area contributed by atoms with Gasteiger partial charge in [-0.3, -0.25) is 19.3 Å². The maximum absolute atomic E-state index is 13.3. The predicted octanol–water partition coefficient (Wildman–Crippen LogP) is 2.84. The fourth-order valence-corrected chi connectivity index (χ4v) is 4.05. The summed E-state index contributed by atoms with van der Waals surface area (Å²) in [6.07, 6.45) is 0.477.